The van der Waals surface area contributed by atoms with Crippen molar-refractivity contribution >= 4 is 17.6 Å². The fourth-order valence-electron chi connectivity index (χ4n) is 2.17. The summed E-state index contributed by atoms with van der Waals surface area (Å²) in [4.78, 5) is 26.9. The van der Waals surface area contributed by atoms with E-state index in [9.17, 15) is 14.0 Å². The van der Waals surface area contributed by atoms with Crippen molar-refractivity contribution in [2.24, 2.45) is 0 Å². The van der Waals surface area contributed by atoms with E-state index in [0.717, 1.165) is 0 Å². The third-order valence-electron chi connectivity index (χ3n) is 3.22. The molecule has 108 valence electrons. The largest absolute Gasteiger partial charge is 0.380 e. The molecule has 5 nitrogen and oxygen atoms in total. The lowest BCUT2D eigenvalue weighted by Crippen LogP contribution is -2.35. The lowest BCUT2D eigenvalue weighted by molar-refractivity contribution is -0.127. The zero-order chi connectivity index (χ0) is 14.7. The molecule has 1 atom stereocenters. The van der Waals surface area contributed by atoms with Crippen LogP contribution in [0.25, 0.3) is 0 Å². The second kappa shape index (κ2) is 6.00. The van der Waals surface area contributed by atoms with E-state index in [-0.39, 0.29) is 18.3 Å². The Labute approximate surface area is 116 Å². The normalized spacial score (nSPS) is 19.1. The lowest BCUT2D eigenvalue weighted by Gasteiger charge is -2.19. The molecule has 1 aliphatic heterocycles. The monoisotopic (exact) mass is 280 g/mol. The summed E-state index contributed by atoms with van der Waals surface area (Å²) in [5.41, 5.74) is 0.510. The lowest BCUT2D eigenvalue weighted by atomic mass is 10.2. The van der Waals surface area contributed by atoms with Crippen molar-refractivity contribution in [1.29, 1.82) is 0 Å². The zero-order valence-electron chi connectivity index (χ0n) is 11.5. The molecule has 0 N–H and O–H groups in total. The maximum Gasteiger partial charge on any atom is 0.332 e. The van der Waals surface area contributed by atoms with E-state index in [0.29, 0.717) is 18.9 Å². The molecule has 1 fully saturated rings. The Bertz CT molecular complexity index is 504. The molecule has 0 radical (unpaired) electrons. The molecule has 2 rings (SSSR count). The molecule has 1 heterocycles. The summed E-state index contributed by atoms with van der Waals surface area (Å²) in [6, 6.07) is 4.53. The molecule has 0 spiro atoms. The Morgan fingerprint density at radius 1 is 1.25 bits per heavy atom. The Morgan fingerprint density at radius 2 is 1.90 bits per heavy atom. The molecule has 0 saturated carbocycles. The third kappa shape index (κ3) is 2.65. The van der Waals surface area contributed by atoms with Gasteiger partial charge in [0.15, 0.2) is 0 Å². The molecule has 0 aliphatic carbocycles. The number of ether oxygens (including phenoxy) is 1. The SMILES string of the molecule is CCOCCN1C(=O)[C@H](C)N(c2ccc(F)cc2)C1=O. The predicted octanol–water partition coefficient (Wildman–Crippen LogP) is 2.02. The Hall–Kier alpha value is -1.95. The van der Waals surface area contributed by atoms with E-state index in [1.54, 1.807) is 6.92 Å². The maximum atomic E-state index is 12.9. The second-order valence-electron chi connectivity index (χ2n) is 4.49. The minimum atomic E-state index is -0.588. The molecule has 6 heteroatoms. The average molecular weight is 280 g/mol. The summed E-state index contributed by atoms with van der Waals surface area (Å²) < 4.78 is 18.1. The molecule has 1 aliphatic rings. The van der Waals surface area contributed by atoms with Gasteiger partial charge in [0, 0.05) is 12.3 Å². The van der Waals surface area contributed by atoms with Gasteiger partial charge in [0.05, 0.1) is 13.2 Å². The van der Waals surface area contributed by atoms with Gasteiger partial charge in [0.1, 0.15) is 11.9 Å². The van der Waals surface area contributed by atoms with Crippen molar-refractivity contribution in [3.63, 3.8) is 0 Å². The first-order chi connectivity index (χ1) is 9.56. The van der Waals surface area contributed by atoms with Gasteiger partial charge in [-0.2, -0.15) is 0 Å². The highest BCUT2D eigenvalue weighted by Crippen LogP contribution is 2.25. The summed E-state index contributed by atoms with van der Waals surface area (Å²) in [5.74, 6) is -0.647. The quantitative estimate of drug-likeness (QED) is 0.612. The van der Waals surface area contributed by atoms with Gasteiger partial charge in [-0.15, -0.1) is 0 Å². The standard InChI is InChI=1S/C14H17FN2O3/c1-3-20-9-8-16-13(18)10(2)17(14(16)19)12-6-4-11(15)5-7-12/h4-7,10H,3,8-9H2,1-2H3/t10-/m0/s1. The fraction of sp³-hybridized carbons (Fsp3) is 0.429. The summed E-state index contributed by atoms with van der Waals surface area (Å²) in [6.45, 7) is 4.59. The summed E-state index contributed by atoms with van der Waals surface area (Å²) >= 11 is 0. The summed E-state index contributed by atoms with van der Waals surface area (Å²) in [7, 11) is 0. The van der Waals surface area contributed by atoms with Gasteiger partial charge in [0.2, 0.25) is 0 Å². The number of hydrogen-bond acceptors (Lipinski definition) is 3. The molecule has 0 unspecified atom stereocenters. The van der Waals surface area contributed by atoms with Gasteiger partial charge in [0.25, 0.3) is 5.91 Å². The number of carbonyl (C=O) groups excluding carboxylic acids is 2. The van der Waals surface area contributed by atoms with E-state index < -0.39 is 12.1 Å². The third-order valence-corrected chi connectivity index (χ3v) is 3.22. The van der Waals surface area contributed by atoms with Gasteiger partial charge >= 0.3 is 6.03 Å². The number of hydrogen-bond donors (Lipinski definition) is 0. The molecule has 3 amide bonds. The van der Waals surface area contributed by atoms with Gasteiger partial charge in [-0.1, -0.05) is 0 Å². The first-order valence-electron chi connectivity index (χ1n) is 6.54. The Balaban J connectivity index is 2.16. The van der Waals surface area contributed by atoms with Crippen molar-refractivity contribution in [1.82, 2.24) is 4.90 Å². The number of halogens is 1. The molecule has 1 saturated heterocycles. The fourth-order valence-corrected chi connectivity index (χ4v) is 2.17. The highest BCUT2D eigenvalue weighted by molar-refractivity contribution is 6.14. The van der Waals surface area contributed by atoms with Gasteiger partial charge in [-0.3, -0.25) is 14.6 Å². The van der Waals surface area contributed by atoms with Gasteiger partial charge < -0.3 is 4.74 Å². The van der Waals surface area contributed by atoms with E-state index in [2.05, 4.69) is 0 Å². The molecule has 0 aromatic heterocycles. The van der Waals surface area contributed by atoms with E-state index in [1.807, 2.05) is 6.92 Å². The first kappa shape index (κ1) is 14.5. The van der Waals surface area contributed by atoms with Crippen molar-refractivity contribution in [2.75, 3.05) is 24.7 Å². The topological polar surface area (TPSA) is 49.9 Å². The number of nitrogens with zero attached hydrogens (tertiary/aromatic N) is 2. The van der Waals surface area contributed by atoms with Gasteiger partial charge in [-0.25, -0.2) is 9.18 Å². The highest BCUT2D eigenvalue weighted by atomic mass is 19.1. The number of imide groups is 1. The van der Waals surface area contributed by atoms with Crippen LogP contribution in [0.4, 0.5) is 14.9 Å². The van der Waals surface area contributed by atoms with Crippen LogP contribution in [0.15, 0.2) is 24.3 Å². The van der Waals surface area contributed by atoms with E-state index in [1.165, 1.54) is 34.1 Å². The Morgan fingerprint density at radius 3 is 2.50 bits per heavy atom. The number of amides is 3. The van der Waals surface area contributed by atoms with Crippen LogP contribution in [-0.2, 0) is 9.53 Å². The first-order valence-corrected chi connectivity index (χ1v) is 6.54. The van der Waals surface area contributed by atoms with Crippen molar-refractivity contribution in [3.8, 4) is 0 Å². The molecule has 20 heavy (non-hydrogen) atoms. The van der Waals surface area contributed by atoms with Gasteiger partial charge in [-0.05, 0) is 38.1 Å². The van der Waals surface area contributed by atoms with E-state index in [4.69, 9.17) is 4.74 Å². The van der Waals surface area contributed by atoms with Crippen LogP contribution in [0.5, 0.6) is 0 Å². The second-order valence-corrected chi connectivity index (χ2v) is 4.49. The number of rotatable bonds is 5. The molecular formula is C14H17FN2O3. The van der Waals surface area contributed by atoms with Crippen molar-refractivity contribution < 1.29 is 18.7 Å². The van der Waals surface area contributed by atoms with Crippen LogP contribution in [0.1, 0.15) is 13.8 Å². The van der Waals surface area contributed by atoms with Crippen LogP contribution >= 0.6 is 0 Å². The minimum Gasteiger partial charge on any atom is -0.380 e. The van der Waals surface area contributed by atoms with Crippen LogP contribution in [0, 0.1) is 5.82 Å². The average Bonchev–Trinajstić information content (AvgIpc) is 2.64. The van der Waals surface area contributed by atoms with Crippen LogP contribution < -0.4 is 4.90 Å². The number of anilines is 1. The molecular weight excluding hydrogens is 263 g/mol. The number of benzene rings is 1. The molecule has 1 aromatic rings. The van der Waals surface area contributed by atoms with Crippen molar-refractivity contribution in [2.45, 2.75) is 19.9 Å². The molecule has 1 aromatic carbocycles. The smallest absolute Gasteiger partial charge is 0.332 e. The summed E-state index contributed by atoms with van der Waals surface area (Å²) in [5, 5.41) is 0. The number of carbonyl (C=O) groups is 2. The van der Waals surface area contributed by atoms with Crippen LogP contribution in [0.3, 0.4) is 0 Å². The maximum absolute atomic E-state index is 12.9. The zero-order valence-corrected chi connectivity index (χ0v) is 11.5. The molecule has 0 bridgehead atoms. The Kier molecular flexibility index (Phi) is 4.34. The summed E-state index contributed by atoms with van der Waals surface area (Å²) in [6.07, 6.45) is 0. The minimum absolute atomic E-state index is 0.230. The van der Waals surface area contributed by atoms with Crippen LogP contribution in [0.2, 0.25) is 0 Å². The van der Waals surface area contributed by atoms with E-state index >= 15 is 0 Å². The number of urea groups is 1. The predicted molar refractivity (Wildman–Crippen MR) is 71.9 cm³/mol. The highest BCUT2D eigenvalue weighted by Gasteiger charge is 2.42. The van der Waals surface area contributed by atoms with Crippen LogP contribution in [-0.4, -0.2) is 42.6 Å². The van der Waals surface area contributed by atoms with Crippen molar-refractivity contribution in [3.05, 3.63) is 30.1 Å².